The van der Waals surface area contributed by atoms with Crippen LogP contribution >= 0.6 is 11.3 Å². The van der Waals surface area contributed by atoms with E-state index in [1.807, 2.05) is 42.8 Å². The minimum Gasteiger partial charge on any atom is -0.269 e. The first-order valence-electron chi connectivity index (χ1n) is 5.56. The molecule has 3 nitrogen and oxygen atoms in total. The van der Waals surface area contributed by atoms with Gasteiger partial charge < -0.3 is 0 Å². The van der Waals surface area contributed by atoms with Crippen LogP contribution in [0.15, 0.2) is 41.6 Å². The first-order chi connectivity index (χ1) is 8.61. The number of aryl methyl sites for hydroxylation is 2. The predicted molar refractivity (Wildman–Crippen MR) is 75.4 cm³/mol. The molecule has 2 rings (SSSR count). The number of pyridine rings is 1. The van der Waals surface area contributed by atoms with Gasteiger partial charge in [0.2, 0.25) is 0 Å². The van der Waals surface area contributed by atoms with Crippen LogP contribution in [0.5, 0.6) is 0 Å². The Bertz CT molecular complexity index is 555. The molecular formula is C14H14N2OS. The fourth-order valence-electron chi connectivity index (χ4n) is 1.78. The maximum Gasteiger partial charge on any atom is 0.256 e. The molecule has 0 aliphatic carbocycles. The summed E-state index contributed by atoms with van der Waals surface area (Å²) in [6.07, 6.45) is 1.30. The van der Waals surface area contributed by atoms with Gasteiger partial charge in [0, 0.05) is 11.1 Å². The quantitative estimate of drug-likeness (QED) is 0.788. The highest BCUT2D eigenvalue weighted by Gasteiger charge is 2.17. The molecule has 0 spiro atoms. The molecular weight excluding hydrogens is 244 g/mol. The molecule has 0 aliphatic rings. The van der Waals surface area contributed by atoms with Crippen molar-refractivity contribution in [2.75, 3.05) is 4.90 Å². The first kappa shape index (κ1) is 12.5. The summed E-state index contributed by atoms with van der Waals surface area (Å²) < 4.78 is 0. The zero-order valence-electron chi connectivity index (χ0n) is 10.4. The summed E-state index contributed by atoms with van der Waals surface area (Å²) >= 11 is 1.54. The number of nitrogens with zero attached hydrogens (tertiary/aromatic N) is 2. The normalized spacial score (nSPS) is 10.1. The molecule has 2 aromatic rings. The van der Waals surface area contributed by atoms with E-state index < -0.39 is 0 Å². The van der Waals surface area contributed by atoms with Crippen LogP contribution in [0.25, 0.3) is 0 Å². The van der Waals surface area contributed by atoms with Crippen LogP contribution in [0.1, 0.15) is 11.3 Å². The fourth-order valence-corrected chi connectivity index (χ4v) is 2.40. The molecule has 0 unspecified atom stereocenters. The minimum absolute atomic E-state index is 0.175. The summed E-state index contributed by atoms with van der Waals surface area (Å²) in [5.74, 6) is 0.460. The Morgan fingerprint density at radius 1 is 1.44 bits per heavy atom. The van der Waals surface area contributed by atoms with Crippen molar-refractivity contribution in [2.24, 2.45) is 0 Å². The molecule has 1 amide bonds. The second-order valence-electron chi connectivity index (χ2n) is 4.00. The van der Waals surface area contributed by atoms with Gasteiger partial charge in [0.05, 0.1) is 5.69 Å². The summed E-state index contributed by atoms with van der Waals surface area (Å²) in [5.41, 5.74) is 2.79. The van der Waals surface area contributed by atoms with Crippen LogP contribution in [0.2, 0.25) is 0 Å². The average molecular weight is 258 g/mol. The summed E-state index contributed by atoms with van der Waals surface area (Å²) in [6, 6.07) is 5.77. The van der Waals surface area contributed by atoms with Crippen molar-refractivity contribution in [3.63, 3.8) is 0 Å². The van der Waals surface area contributed by atoms with Crippen molar-refractivity contribution >= 4 is 28.7 Å². The van der Waals surface area contributed by atoms with E-state index in [2.05, 4.69) is 11.6 Å². The third kappa shape index (κ3) is 2.49. The van der Waals surface area contributed by atoms with Gasteiger partial charge in [-0.15, -0.1) is 0 Å². The number of carbonyl (C=O) groups is 1. The van der Waals surface area contributed by atoms with Gasteiger partial charge in [0.1, 0.15) is 5.82 Å². The SMILES string of the molecule is C=CC(=O)N(c1ccsc1)c1cc(C)cc(C)n1. The van der Waals surface area contributed by atoms with E-state index in [1.165, 1.54) is 6.08 Å². The minimum atomic E-state index is -0.175. The highest BCUT2D eigenvalue weighted by molar-refractivity contribution is 7.08. The molecule has 0 aromatic carbocycles. The Morgan fingerprint density at radius 2 is 2.22 bits per heavy atom. The van der Waals surface area contributed by atoms with E-state index in [9.17, 15) is 4.79 Å². The van der Waals surface area contributed by atoms with Crippen LogP contribution in [0, 0.1) is 13.8 Å². The highest BCUT2D eigenvalue weighted by atomic mass is 32.1. The second kappa shape index (κ2) is 5.14. The van der Waals surface area contributed by atoms with Crippen molar-refractivity contribution in [1.29, 1.82) is 0 Å². The van der Waals surface area contributed by atoms with Crippen molar-refractivity contribution in [2.45, 2.75) is 13.8 Å². The number of rotatable bonds is 3. The topological polar surface area (TPSA) is 33.2 Å². The van der Waals surface area contributed by atoms with Gasteiger partial charge in [0.25, 0.3) is 5.91 Å². The molecule has 4 heteroatoms. The number of hydrogen-bond donors (Lipinski definition) is 0. The smallest absolute Gasteiger partial charge is 0.256 e. The summed E-state index contributed by atoms with van der Waals surface area (Å²) in [5, 5.41) is 3.85. The molecule has 2 aromatic heterocycles. The van der Waals surface area contributed by atoms with Crippen LogP contribution < -0.4 is 4.90 Å². The molecule has 0 radical (unpaired) electrons. The van der Waals surface area contributed by atoms with Gasteiger partial charge in [-0.1, -0.05) is 6.58 Å². The third-order valence-corrected chi connectivity index (χ3v) is 3.14. The van der Waals surface area contributed by atoms with Gasteiger partial charge in [-0.3, -0.25) is 9.69 Å². The molecule has 0 bridgehead atoms. The molecule has 2 heterocycles. The highest BCUT2D eigenvalue weighted by Crippen LogP contribution is 2.27. The van der Waals surface area contributed by atoms with Crippen molar-refractivity contribution in [3.05, 3.63) is 52.9 Å². The molecule has 0 saturated carbocycles. The number of anilines is 2. The van der Waals surface area contributed by atoms with E-state index in [1.54, 1.807) is 16.2 Å². The van der Waals surface area contributed by atoms with E-state index in [0.29, 0.717) is 5.82 Å². The fraction of sp³-hybridized carbons (Fsp3) is 0.143. The van der Waals surface area contributed by atoms with Gasteiger partial charge in [-0.25, -0.2) is 4.98 Å². The van der Waals surface area contributed by atoms with Crippen molar-refractivity contribution in [3.8, 4) is 0 Å². The summed E-state index contributed by atoms with van der Waals surface area (Å²) in [4.78, 5) is 18.0. The second-order valence-corrected chi connectivity index (χ2v) is 4.78. The van der Waals surface area contributed by atoms with Crippen LogP contribution in [0.3, 0.4) is 0 Å². The first-order valence-corrected chi connectivity index (χ1v) is 6.50. The van der Waals surface area contributed by atoms with E-state index in [-0.39, 0.29) is 5.91 Å². The number of hydrogen-bond acceptors (Lipinski definition) is 3. The molecule has 0 saturated heterocycles. The zero-order chi connectivity index (χ0) is 13.1. The third-order valence-electron chi connectivity index (χ3n) is 2.47. The lowest BCUT2D eigenvalue weighted by molar-refractivity contribution is -0.113. The number of carbonyl (C=O) groups excluding carboxylic acids is 1. The van der Waals surface area contributed by atoms with E-state index >= 15 is 0 Å². The van der Waals surface area contributed by atoms with Crippen LogP contribution in [0.4, 0.5) is 11.5 Å². The predicted octanol–water partition coefficient (Wildman–Crippen LogP) is 3.61. The zero-order valence-corrected chi connectivity index (χ0v) is 11.2. The Labute approximate surface area is 110 Å². The number of amides is 1. The standard InChI is InChI=1S/C14H14N2OS/c1-4-14(17)16(12-5-6-18-9-12)13-8-10(2)7-11(3)15-13/h4-9H,1H2,2-3H3. The maximum atomic E-state index is 12.0. The summed E-state index contributed by atoms with van der Waals surface area (Å²) in [7, 11) is 0. The van der Waals surface area contributed by atoms with E-state index in [4.69, 9.17) is 0 Å². The largest absolute Gasteiger partial charge is 0.269 e. The lowest BCUT2D eigenvalue weighted by atomic mass is 10.2. The van der Waals surface area contributed by atoms with Gasteiger partial charge in [0.15, 0.2) is 0 Å². The molecule has 0 N–H and O–H groups in total. The Hall–Kier alpha value is -1.94. The summed E-state index contributed by atoms with van der Waals surface area (Å²) in [6.45, 7) is 7.45. The number of aromatic nitrogens is 1. The average Bonchev–Trinajstić information content (AvgIpc) is 2.81. The van der Waals surface area contributed by atoms with E-state index in [0.717, 1.165) is 16.9 Å². The van der Waals surface area contributed by atoms with Gasteiger partial charge in [-0.05, 0) is 49.1 Å². The Balaban J connectivity index is 2.53. The van der Waals surface area contributed by atoms with Crippen LogP contribution in [-0.4, -0.2) is 10.9 Å². The Kier molecular flexibility index (Phi) is 3.58. The van der Waals surface area contributed by atoms with Crippen molar-refractivity contribution in [1.82, 2.24) is 4.98 Å². The molecule has 18 heavy (non-hydrogen) atoms. The van der Waals surface area contributed by atoms with Gasteiger partial charge >= 0.3 is 0 Å². The molecule has 0 aliphatic heterocycles. The molecule has 0 fully saturated rings. The maximum absolute atomic E-state index is 12.0. The van der Waals surface area contributed by atoms with Gasteiger partial charge in [-0.2, -0.15) is 11.3 Å². The molecule has 0 atom stereocenters. The van der Waals surface area contributed by atoms with Crippen LogP contribution in [-0.2, 0) is 4.79 Å². The lowest BCUT2D eigenvalue weighted by Gasteiger charge is -2.19. The molecule has 92 valence electrons. The lowest BCUT2D eigenvalue weighted by Crippen LogP contribution is -2.24. The van der Waals surface area contributed by atoms with Crippen molar-refractivity contribution < 1.29 is 4.79 Å². The number of thiophene rings is 1. The Morgan fingerprint density at radius 3 is 2.78 bits per heavy atom. The monoisotopic (exact) mass is 258 g/mol.